The summed E-state index contributed by atoms with van der Waals surface area (Å²) in [5.74, 6) is -0.866. The molecule has 9 nitrogen and oxygen atoms in total. The summed E-state index contributed by atoms with van der Waals surface area (Å²) in [5.41, 5.74) is 0.314. The van der Waals surface area contributed by atoms with Gasteiger partial charge in [0.1, 0.15) is 12.6 Å². The molecule has 3 rings (SSSR count). The van der Waals surface area contributed by atoms with E-state index in [0.29, 0.717) is 10.9 Å². The van der Waals surface area contributed by atoms with Crippen molar-refractivity contribution in [3.8, 4) is 0 Å². The monoisotopic (exact) mass is 443 g/mol. The van der Waals surface area contributed by atoms with E-state index in [9.17, 15) is 14.4 Å². The van der Waals surface area contributed by atoms with Gasteiger partial charge >= 0.3 is 0 Å². The van der Waals surface area contributed by atoms with Crippen LogP contribution in [-0.4, -0.2) is 69.8 Å². The van der Waals surface area contributed by atoms with Crippen molar-refractivity contribution in [3.63, 3.8) is 0 Å². The first-order valence-electron chi connectivity index (χ1n) is 11.1. The largest absolute Gasteiger partial charge is 0.395 e. The summed E-state index contributed by atoms with van der Waals surface area (Å²) >= 11 is 0. The van der Waals surface area contributed by atoms with Crippen LogP contribution in [0.1, 0.15) is 50.5 Å². The Morgan fingerprint density at radius 2 is 1.81 bits per heavy atom. The van der Waals surface area contributed by atoms with Gasteiger partial charge in [-0.2, -0.15) is 5.10 Å². The number of fused-ring (bicyclic) bond motifs is 1. The van der Waals surface area contributed by atoms with Crippen LogP contribution in [0.3, 0.4) is 0 Å². The number of piperidine rings is 1. The van der Waals surface area contributed by atoms with Gasteiger partial charge in [-0.15, -0.1) is 0 Å². The van der Waals surface area contributed by atoms with Gasteiger partial charge in [0.2, 0.25) is 11.8 Å². The maximum atomic E-state index is 13.2. The SMILES string of the molecule is CC(C)(C)C(NC(=O)c1nn(CC(=O)N2CCCCC2)c2ccccc12)C(=O)NCCO. The van der Waals surface area contributed by atoms with Crippen molar-refractivity contribution in [1.29, 1.82) is 0 Å². The van der Waals surface area contributed by atoms with E-state index < -0.39 is 17.4 Å². The van der Waals surface area contributed by atoms with E-state index in [1.54, 1.807) is 10.7 Å². The minimum atomic E-state index is -0.819. The molecule has 2 heterocycles. The van der Waals surface area contributed by atoms with E-state index in [1.165, 1.54) is 0 Å². The number of aromatic nitrogens is 2. The van der Waals surface area contributed by atoms with Gasteiger partial charge in [0.05, 0.1) is 12.1 Å². The highest BCUT2D eigenvalue weighted by atomic mass is 16.3. The summed E-state index contributed by atoms with van der Waals surface area (Å²) in [6, 6.07) is 6.45. The molecule has 3 N–H and O–H groups in total. The molecule has 0 spiro atoms. The number of carbonyl (C=O) groups excluding carboxylic acids is 3. The molecule has 2 aromatic rings. The van der Waals surface area contributed by atoms with E-state index in [4.69, 9.17) is 5.11 Å². The summed E-state index contributed by atoms with van der Waals surface area (Å²) in [5, 5.41) is 19.5. The van der Waals surface area contributed by atoms with E-state index in [1.807, 2.05) is 43.9 Å². The molecule has 1 saturated heterocycles. The molecule has 1 unspecified atom stereocenters. The highest BCUT2D eigenvalue weighted by molar-refractivity contribution is 6.06. The van der Waals surface area contributed by atoms with Crippen LogP contribution in [0.2, 0.25) is 0 Å². The van der Waals surface area contributed by atoms with Crippen molar-refractivity contribution in [1.82, 2.24) is 25.3 Å². The summed E-state index contributed by atoms with van der Waals surface area (Å²) in [7, 11) is 0. The Kier molecular flexibility index (Phi) is 7.50. The van der Waals surface area contributed by atoms with Crippen molar-refractivity contribution in [2.75, 3.05) is 26.2 Å². The van der Waals surface area contributed by atoms with Gasteiger partial charge in [0.25, 0.3) is 5.91 Å². The number of hydrogen-bond acceptors (Lipinski definition) is 5. The van der Waals surface area contributed by atoms with Gasteiger partial charge in [-0.25, -0.2) is 0 Å². The second-order valence-electron chi connectivity index (χ2n) is 9.25. The topological polar surface area (TPSA) is 117 Å². The normalized spacial score (nSPS) is 15.4. The molecular weight excluding hydrogens is 410 g/mol. The van der Waals surface area contributed by atoms with E-state index >= 15 is 0 Å². The van der Waals surface area contributed by atoms with Gasteiger partial charge in [-0.1, -0.05) is 39.0 Å². The van der Waals surface area contributed by atoms with Crippen LogP contribution >= 0.6 is 0 Å². The first-order valence-corrected chi connectivity index (χ1v) is 11.1. The molecule has 1 fully saturated rings. The Bertz CT molecular complexity index is 972. The van der Waals surface area contributed by atoms with Crippen LogP contribution in [0.15, 0.2) is 24.3 Å². The average Bonchev–Trinajstić information content (AvgIpc) is 3.14. The maximum Gasteiger partial charge on any atom is 0.273 e. The fraction of sp³-hybridized carbons (Fsp3) is 0.565. The molecule has 3 amide bonds. The van der Waals surface area contributed by atoms with Gasteiger partial charge in [0.15, 0.2) is 5.69 Å². The third kappa shape index (κ3) is 5.45. The lowest BCUT2D eigenvalue weighted by Crippen LogP contribution is -2.54. The zero-order chi connectivity index (χ0) is 23.3. The van der Waals surface area contributed by atoms with Gasteiger partial charge < -0.3 is 20.6 Å². The number of benzene rings is 1. The first-order chi connectivity index (χ1) is 15.2. The zero-order valence-electron chi connectivity index (χ0n) is 19.1. The zero-order valence-corrected chi connectivity index (χ0v) is 19.1. The van der Waals surface area contributed by atoms with E-state index in [2.05, 4.69) is 15.7 Å². The summed E-state index contributed by atoms with van der Waals surface area (Å²) in [6.45, 7) is 7.05. The lowest BCUT2D eigenvalue weighted by atomic mass is 9.86. The van der Waals surface area contributed by atoms with Crippen LogP contribution in [0.5, 0.6) is 0 Å². The van der Waals surface area contributed by atoms with Gasteiger partial charge in [-0.3, -0.25) is 19.1 Å². The molecule has 1 aromatic carbocycles. The number of likely N-dealkylation sites (tertiary alicyclic amines) is 1. The molecule has 0 radical (unpaired) electrons. The molecule has 0 saturated carbocycles. The number of hydrogen-bond donors (Lipinski definition) is 3. The predicted molar refractivity (Wildman–Crippen MR) is 121 cm³/mol. The van der Waals surface area contributed by atoms with E-state index in [-0.39, 0.29) is 37.2 Å². The predicted octanol–water partition coefficient (Wildman–Crippen LogP) is 1.30. The summed E-state index contributed by atoms with van der Waals surface area (Å²) in [6.07, 6.45) is 3.15. The highest BCUT2D eigenvalue weighted by Gasteiger charge is 2.34. The minimum absolute atomic E-state index is 0.0131. The molecule has 0 aliphatic carbocycles. The maximum absolute atomic E-state index is 13.2. The van der Waals surface area contributed by atoms with Crippen molar-refractivity contribution in [2.45, 2.75) is 52.6 Å². The Morgan fingerprint density at radius 1 is 1.12 bits per heavy atom. The van der Waals surface area contributed by atoms with Gasteiger partial charge in [-0.05, 0) is 30.7 Å². The molecule has 0 bridgehead atoms. The Labute approximate surface area is 188 Å². The number of amides is 3. The van der Waals surface area contributed by atoms with Crippen molar-refractivity contribution >= 4 is 28.6 Å². The van der Waals surface area contributed by atoms with Crippen molar-refractivity contribution in [3.05, 3.63) is 30.0 Å². The number of rotatable bonds is 7. The molecule has 1 aliphatic heterocycles. The first kappa shape index (κ1) is 23.7. The molecule has 32 heavy (non-hydrogen) atoms. The summed E-state index contributed by atoms with van der Waals surface area (Å²) in [4.78, 5) is 40.4. The van der Waals surface area contributed by atoms with Crippen LogP contribution in [0.4, 0.5) is 0 Å². The third-order valence-corrected chi connectivity index (χ3v) is 5.68. The lowest BCUT2D eigenvalue weighted by Gasteiger charge is -2.30. The number of carbonyl (C=O) groups is 3. The molecule has 9 heteroatoms. The molecular formula is C23H33N5O4. The Hall–Kier alpha value is -2.94. The van der Waals surface area contributed by atoms with Crippen LogP contribution < -0.4 is 10.6 Å². The van der Waals surface area contributed by atoms with Crippen molar-refractivity contribution in [2.24, 2.45) is 5.41 Å². The molecule has 174 valence electrons. The number of aliphatic hydroxyl groups is 1. The van der Waals surface area contributed by atoms with E-state index in [0.717, 1.165) is 32.4 Å². The van der Waals surface area contributed by atoms with Gasteiger partial charge in [0, 0.05) is 25.0 Å². The lowest BCUT2D eigenvalue weighted by molar-refractivity contribution is -0.132. The van der Waals surface area contributed by atoms with Crippen molar-refractivity contribution < 1.29 is 19.5 Å². The Morgan fingerprint density at radius 3 is 2.47 bits per heavy atom. The molecule has 1 aromatic heterocycles. The second-order valence-corrected chi connectivity index (χ2v) is 9.25. The standard InChI is InChI=1S/C23H33N5O4/c1-23(2,3)20(22(32)24-11-14-29)25-21(31)19-16-9-5-6-10-17(16)28(26-19)15-18(30)27-12-7-4-8-13-27/h5-6,9-10,20,29H,4,7-8,11-15H2,1-3H3,(H,24,32)(H,25,31). The highest BCUT2D eigenvalue weighted by Crippen LogP contribution is 2.23. The average molecular weight is 444 g/mol. The molecule has 1 aliphatic rings. The number of para-hydroxylation sites is 1. The quantitative estimate of drug-likeness (QED) is 0.596. The fourth-order valence-corrected chi connectivity index (χ4v) is 3.94. The number of aliphatic hydroxyl groups excluding tert-OH is 1. The van der Waals surface area contributed by atoms with Crippen LogP contribution in [-0.2, 0) is 16.1 Å². The Balaban J connectivity index is 1.85. The molecule has 1 atom stereocenters. The third-order valence-electron chi connectivity index (χ3n) is 5.68. The minimum Gasteiger partial charge on any atom is -0.395 e. The summed E-state index contributed by atoms with van der Waals surface area (Å²) < 4.78 is 1.57. The second kappa shape index (κ2) is 10.1. The number of nitrogens with one attached hydrogen (secondary N) is 2. The smallest absolute Gasteiger partial charge is 0.273 e. The fourth-order valence-electron chi connectivity index (χ4n) is 3.94. The van der Waals surface area contributed by atoms with Crippen LogP contribution in [0.25, 0.3) is 10.9 Å². The van der Waals surface area contributed by atoms with Crippen LogP contribution in [0, 0.1) is 5.41 Å². The number of nitrogens with zero attached hydrogens (tertiary/aromatic N) is 3.